The summed E-state index contributed by atoms with van der Waals surface area (Å²) in [6.45, 7) is 0. The Balaban J connectivity index is 2.42. The average Bonchev–Trinajstić information content (AvgIpc) is 2.44. The first-order valence-electron chi connectivity index (χ1n) is 4.01. The number of fused-ring (bicyclic) bond motifs is 1. The van der Waals surface area contributed by atoms with Crippen LogP contribution < -0.4 is 0 Å². The summed E-state index contributed by atoms with van der Waals surface area (Å²) in [4.78, 5) is 11.6. The number of rotatable bonds is 1. The van der Waals surface area contributed by atoms with E-state index in [-0.39, 0.29) is 3.43 Å². The standard InChI is InChI=1S/C9H7O.ClH.Hg/c10-9-6-5-7-3-1-2-4-8(7)9;;/h1-4,6H,5H2;1H;/q;;+1/p-1. The van der Waals surface area contributed by atoms with Gasteiger partial charge in [-0.1, -0.05) is 0 Å². The van der Waals surface area contributed by atoms with Gasteiger partial charge < -0.3 is 0 Å². The number of Topliss-reactive ketones (excluding diaryl/α,β-unsaturated/α-hetero) is 1. The van der Waals surface area contributed by atoms with Gasteiger partial charge in [0.25, 0.3) is 0 Å². The van der Waals surface area contributed by atoms with Crippen LogP contribution in [0.15, 0.2) is 24.3 Å². The van der Waals surface area contributed by atoms with E-state index in [1.807, 2.05) is 24.3 Å². The van der Waals surface area contributed by atoms with E-state index in [9.17, 15) is 4.79 Å². The zero-order chi connectivity index (χ0) is 8.55. The van der Waals surface area contributed by atoms with Gasteiger partial charge in [-0.3, -0.25) is 0 Å². The fraction of sp³-hybridized carbons (Fsp3) is 0.222. The van der Waals surface area contributed by atoms with Crippen LogP contribution in [0, 0.1) is 0 Å². The van der Waals surface area contributed by atoms with Gasteiger partial charge in [-0.25, -0.2) is 0 Å². The van der Waals surface area contributed by atoms with Gasteiger partial charge >= 0.3 is 87.4 Å². The first-order chi connectivity index (χ1) is 5.83. The zero-order valence-electron chi connectivity index (χ0n) is 6.59. The van der Waals surface area contributed by atoms with Crippen LogP contribution >= 0.6 is 8.25 Å². The Morgan fingerprint density at radius 1 is 1.42 bits per heavy atom. The monoisotopic (exact) mass is 368 g/mol. The Morgan fingerprint density at radius 2 is 2.17 bits per heavy atom. The molecule has 2 rings (SSSR count). The second-order valence-corrected chi connectivity index (χ2v) is 10.8. The Morgan fingerprint density at radius 3 is 2.83 bits per heavy atom. The van der Waals surface area contributed by atoms with E-state index in [0.717, 1.165) is 12.0 Å². The van der Waals surface area contributed by atoms with Crippen molar-refractivity contribution in [2.75, 3.05) is 0 Å². The van der Waals surface area contributed by atoms with Crippen molar-refractivity contribution >= 4 is 14.0 Å². The van der Waals surface area contributed by atoms with Crippen molar-refractivity contribution in [1.29, 1.82) is 0 Å². The summed E-state index contributed by atoms with van der Waals surface area (Å²) in [6, 6.07) is 7.86. The third kappa shape index (κ3) is 1.33. The third-order valence-corrected chi connectivity index (χ3v) is 9.59. The summed E-state index contributed by atoms with van der Waals surface area (Å²) >= 11 is -1.38. The van der Waals surface area contributed by atoms with Crippen molar-refractivity contribution < 1.29 is 28.1 Å². The molecule has 0 radical (unpaired) electrons. The van der Waals surface area contributed by atoms with E-state index in [1.54, 1.807) is 0 Å². The molecule has 1 atom stereocenters. The average molecular weight is 367 g/mol. The quantitative estimate of drug-likeness (QED) is 0.697. The van der Waals surface area contributed by atoms with Gasteiger partial charge in [0.2, 0.25) is 0 Å². The molecule has 1 aromatic carbocycles. The van der Waals surface area contributed by atoms with E-state index in [1.165, 1.54) is 5.56 Å². The third-order valence-electron chi connectivity index (χ3n) is 2.31. The minimum atomic E-state index is -1.38. The van der Waals surface area contributed by atoms with Crippen LogP contribution in [0.5, 0.6) is 0 Å². The molecular weight excluding hydrogens is 360 g/mol. The molecule has 58 valence electrons. The van der Waals surface area contributed by atoms with Gasteiger partial charge in [0.15, 0.2) is 0 Å². The van der Waals surface area contributed by atoms with Crippen LogP contribution in [0.4, 0.5) is 0 Å². The first kappa shape index (κ1) is 8.70. The maximum absolute atomic E-state index is 11.6. The molecule has 0 amide bonds. The van der Waals surface area contributed by atoms with E-state index >= 15 is 0 Å². The van der Waals surface area contributed by atoms with Gasteiger partial charge in [-0.2, -0.15) is 0 Å². The van der Waals surface area contributed by atoms with Gasteiger partial charge in [-0.15, -0.1) is 0 Å². The van der Waals surface area contributed by atoms with Gasteiger partial charge in [0.1, 0.15) is 0 Å². The van der Waals surface area contributed by atoms with Crippen molar-refractivity contribution in [2.24, 2.45) is 0 Å². The molecule has 0 aromatic heterocycles. The van der Waals surface area contributed by atoms with Gasteiger partial charge in [0.05, 0.1) is 0 Å². The molecule has 0 spiro atoms. The molecule has 0 fully saturated rings. The second-order valence-electron chi connectivity index (χ2n) is 3.08. The molecule has 1 aliphatic carbocycles. The Labute approximate surface area is 87.0 Å². The number of carbonyl (C=O) groups is 1. The van der Waals surface area contributed by atoms with E-state index < -0.39 is 23.3 Å². The van der Waals surface area contributed by atoms with Gasteiger partial charge in [-0.05, 0) is 0 Å². The molecule has 1 unspecified atom stereocenters. The molecule has 3 heteroatoms. The summed E-state index contributed by atoms with van der Waals surface area (Å²) in [5.41, 5.74) is 2.12. The Bertz CT molecular complexity index is 324. The molecule has 0 N–H and O–H groups in total. The van der Waals surface area contributed by atoms with Crippen molar-refractivity contribution in [2.45, 2.75) is 9.85 Å². The van der Waals surface area contributed by atoms with Crippen molar-refractivity contribution in [3.8, 4) is 0 Å². The van der Waals surface area contributed by atoms with E-state index in [2.05, 4.69) is 0 Å². The molecule has 1 nitrogen and oxygen atoms in total. The van der Waals surface area contributed by atoms with Crippen LogP contribution in [0.1, 0.15) is 15.9 Å². The van der Waals surface area contributed by atoms with Crippen molar-refractivity contribution in [3.63, 3.8) is 0 Å². The predicted molar refractivity (Wildman–Crippen MR) is 44.1 cm³/mol. The van der Waals surface area contributed by atoms with Crippen LogP contribution in [-0.4, -0.2) is 5.78 Å². The maximum atomic E-state index is 11.6. The van der Waals surface area contributed by atoms with Crippen LogP contribution in [0.25, 0.3) is 0 Å². The summed E-state index contributed by atoms with van der Waals surface area (Å²) in [6.07, 6.45) is 0.917. The number of benzene rings is 1. The van der Waals surface area contributed by atoms with Crippen LogP contribution in [-0.2, 0) is 29.8 Å². The molecule has 0 saturated heterocycles. The first-order valence-corrected chi connectivity index (χ1v) is 13.9. The predicted octanol–water partition coefficient (Wildman–Crippen LogP) is 2.45. The summed E-state index contributed by atoms with van der Waals surface area (Å²) in [5.74, 6) is 0.308. The molecule has 0 aliphatic heterocycles. The molecule has 12 heavy (non-hydrogen) atoms. The van der Waals surface area contributed by atoms with Gasteiger partial charge in [0, 0.05) is 0 Å². The topological polar surface area (TPSA) is 17.1 Å². The van der Waals surface area contributed by atoms with Crippen LogP contribution in [0.2, 0.25) is 3.43 Å². The zero-order valence-corrected chi connectivity index (χ0v) is 12.8. The number of halogens is 1. The fourth-order valence-corrected chi connectivity index (χ4v) is 6.86. The van der Waals surface area contributed by atoms with Crippen molar-refractivity contribution in [3.05, 3.63) is 35.4 Å². The molecule has 0 bridgehead atoms. The van der Waals surface area contributed by atoms with Crippen LogP contribution in [0.3, 0.4) is 0 Å². The van der Waals surface area contributed by atoms with E-state index in [0.29, 0.717) is 5.78 Å². The van der Waals surface area contributed by atoms with E-state index in [4.69, 9.17) is 8.25 Å². The summed E-state index contributed by atoms with van der Waals surface area (Å²) < 4.78 is 0.240. The fourth-order valence-electron chi connectivity index (χ4n) is 1.64. The minimum absolute atomic E-state index is 0.240. The molecule has 0 heterocycles. The Hall–Kier alpha value is 0.115. The summed E-state index contributed by atoms with van der Waals surface area (Å²) in [7, 11) is 5.89. The number of carbonyl (C=O) groups excluding carboxylic acids is 1. The molecular formula is C9H7ClHgO. The number of hydrogen-bond acceptors (Lipinski definition) is 1. The molecule has 0 saturated carbocycles. The second kappa shape index (κ2) is 3.47. The molecule has 1 aliphatic rings. The Kier molecular flexibility index (Phi) is 2.51. The molecule has 1 aromatic rings. The summed E-state index contributed by atoms with van der Waals surface area (Å²) in [5, 5.41) is 0. The van der Waals surface area contributed by atoms with Crippen molar-refractivity contribution in [1.82, 2.24) is 0 Å². The SMILES string of the molecule is O=C1c2ccccc2C[CH]1[Hg][Cl]. The normalized spacial score (nSPS) is 20.4. The number of ketones is 1. The number of hydrogen-bond donors (Lipinski definition) is 0.